The summed E-state index contributed by atoms with van der Waals surface area (Å²) < 4.78 is 5.06. The van der Waals surface area contributed by atoms with Crippen molar-refractivity contribution in [1.29, 1.82) is 0 Å². The summed E-state index contributed by atoms with van der Waals surface area (Å²) in [4.78, 5) is 22.6. The highest BCUT2D eigenvalue weighted by molar-refractivity contribution is 5.84. The van der Waals surface area contributed by atoms with E-state index in [-0.39, 0.29) is 5.92 Å². The highest BCUT2D eigenvalue weighted by Gasteiger charge is 2.26. The molecule has 0 saturated heterocycles. The lowest BCUT2D eigenvalue weighted by Gasteiger charge is -2.24. The zero-order valence-electron chi connectivity index (χ0n) is 10.7. The van der Waals surface area contributed by atoms with Crippen molar-refractivity contribution < 1.29 is 14.3 Å². The van der Waals surface area contributed by atoms with Crippen LogP contribution in [0.3, 0.4) is 0 Å². The second kappa shape index (κ2) is 5.72. The van der Waals surface area contributed by atoms with Crippen LogP contribution in [0, 0.1) is 5.92 Å². The summed E-state index contributed by atoms with van der Waals surface area (Å²) in [5.74, 6) is -0.551. The van der Waals surface area contributed by atoms with Crippen LogP contribution in [0.15, 0.2) is 0 Å². The number of ether oxygens (including phenoxy) is 1. The number of amides is 2. The van der Waals surface area contributed by atoms with E-state index in [1.165, 1.54) is 0 Å². The fourth-order valence-corrected chi connectivity index (χ4v) is 1.16. The Bertz CT molecular complexity index is 258. The van der Waals surface area contributed by atoms with E-state index in [1.54, 1.807) is 20.8 Å². The van der Waals surface area contributed by atoms with Crippen molar-refractivity contribution in [2.75, 3.05) is 0 Å². The summed E-state index contributed by atoms with van der Waals surface area (Å²) in [5.41, 5.74) is 4.63. The first kappa shape index (κ1) is 14.7. The number of hydrogen-bond donors (Lipinski definition) is 2. The SMILES string of the molecule is CC[C@H](C)[C@H](NC(=O)OC(C)(C)C)C(N)=O. The minimum atomic E-state index is -0.681. The molecule has 0 aromatic rings. The molecule has 0 bridgehead atoms. The van der Waals surface area contributed by atoms with E-state index < -0.39 is 23.6 Å². The van der Waals surface area contributed by atoms with Gasteiger partial charge in [-0.25, -0.2) is 4.79 Å². The lowest BCUT2D eigenvalue weighted by atomic mass is 9.99. The van der Waals surface area contributed by atoms with Crippen molar-refractivity contribution >= 4 is 12.0 Å². The number of carbonyl (C=O) groups is 2. The minimum Gasteiger partial charge on any atom is -0.444 e. The normalized spacial score (nSPS) is 15.1. The highest BCUT2D eigenvalue weighted by atomic mass is 16.6. The van der Waals surface area contributed by atoms with Gasteiger partial charge in [0.2, 0.25) is 5.91 Å². The van der Waals surface area contributed by atoms with E-state index in [1.807, 2.05) is 13.8 Å². The maximum absolute atomic E-state index is 11.5. The van der Waals surface area contributed by atoms with Crippen molar-refractivity contribution in [2.24, 2.45) is 11.7 Å². The molecule has 0 fully saturated rings. The van der Waals surface area contributed by atoms with Crippen molar-refractivity contribution in [3.63, 3.8) is 0 Å². The third-order valence-corrected chi connectivity index (χ3v) is 2.19. The molecule has 0 spiro atoms. The average Bonchev–Trinajstić information content (AvgIpc) is 2.09. The summed E-state index contributed by atoms with van der Waals surface area (Å²) in [6, 6.07) is -0.681. The van der Waals surface area contributed by atoms with Crippen LogP contribution in [0.25, 0.3) is 0 Å². The number of primary amides is 1. The van der Waals surface area contributed by atoms with Gasteiger partial charge in [-0.15, -0.1) is 0 Å². The van der Waals surface area contributed by atoms with Crippen LogP contribution in [0.4, 0.5) is 4.79 Å². The zero-order chi connectivity index (χ0) is 12.9. The standard InChI is InChI=1S/C11H22N2O3/c1-6-7(2)8(9(12)14)13-10(15)16-11(3,4)5/h7-8H,6H2,1-5H3,(H2,12,14)(H,13,15)/t7-,8-/m0/s1. The summed E-state index contributed by atoms with van der Waals surface area (Å²) in [6.45, 7) is 9.06. The Hall–Kier alpha value is -1.26. The fraction of sp³-hybridized carbons (Fsp3) is 0.818. The summed E-state index contributed by atoms with van der Waals surface area (Å²) in [6.07, 6.45) is 0.139. The van der Waals surface area contributed by atoms with Gasteiger partial charge in [0.25, 0.3) is 0 Å². The predicted molar refractivity (Wildman–Crippen MR) is 61.8 cm³/mol. The number of nitrogens with one attached hydrogen (secondary N) is 1. The molecule has 0 aliphatic carbocycles. The van der Waals surface area contributed by atoms with Gasteiger partial charge in [0.1, 0.15) is 11.6 Å². The molecule has 0 aliphatic heterocycles. The molecule has 0 radical (unpaired) electrons. The Labute approximate surface area is 96.7 Å². The molecule has 0 aromatic carbocycles. The third kappa shape index (κ3) is 5.58. The van der Waals surface area contributed by atoms with E-state index in [0.717, 1.165) is 6.42 Å². The first-order chi connectivity index (χ1) is 7.17. The molecule has 16 heavy (non-hydrogen) atoms. The van der Waals surface area contributed by atoms with Crippen LogP contribution < -0.4 is 11.1 Å². The van der Waals surface area contributed by atoms with E-state index in [2.05, 4.69) is 5.32 Å². The monoisotopic (exact) mass is 230 g/mol. The zero-order valence-corrected chi connectivity index (χ0v) is 10.7. The predicted octanol–water partition coefficient (Wildman–Crippen LogP) is 1.41. The van der Waals surface area contributed by atoms with Crippen LogP contribution in [-0.2, 0) is 9.53 Å². The third-order valence-electron chi connectivity index (χ3n) is 2.19. The van der Waals surface area contributed by atoms with Crippen molar-refractivity contribution in [3.05, 3.63) is 0 Å². The summed E-state index contributed by atoms with van der Waals surface area (Å²) >= 11 is 0. The van der Waals surface area contributed by atoms with Gasteiger partial charge in [-0.3, -0.25) is 4.79 Å². The van der Waals surface area contributed by atoms with Gasteiger partial charge in [-0.1, -0.05) is 20.3 Å². The average molecular weight is 230 g/mol. The summed E-state index contributed by atoms with van der Waals surface area (Å²) in [7, 11) is 0. The molecule has 2 atom stereocenters. The van der Waals surface area contributed by atoms with Crippen LogP contribution in [-0.4, -0.2) is 23.6 Å². The number of hydrogen-bond acceptors (Lipinski definition) is 3. The lowest BCUT2D eigenvalue weighted by Crippen LogP contribution is -2.49. The van der Waals surface area contributed by atoms with Crippen LogP contribution >= 0.6 is 0 Å². The first-order valence-electron chi connectivity index (χ1n) is 5.46. The van der Waals surface area contributed by atoms with Crippen molar-refractivity contribution in [2.45, 2.75) is 52.7 Å². The van der Waals surface area contributed by atoms with Crippen LogP contribution in [0.5, 0.6) is 0 Å². The van der Waals surface area contributed by atoms with E-state index >= 15 is 0 Å². The van der Waals surface area contributed by atoms with Gasteiger partial charge in [0.15, 0.2) is 0 Å². The largest absolute Gasteiger partial charge is 0.444 e. The van der Waals surface area contributed by atoms with Gasteiger partial charge in [0, 0.05) is 0 Å². The Morgan fingerprint density at radius 1 is 1.38 bits per heavy atom. The fourth-order valence-electron chi connectivity index (χ4n) is 1.16. The van der Waals surface area contributed by atoms with Crippen molar-refractivity contribution in [3.8, 4) is 0 Å². The second-order valence-corrected chi connectivity index (χ2v) is 4.91. The molecule has 0 heterocycles. The smallest absolute Gasteiger partial charge is 0.408 e. The van der Waals surface area contributed by atoms with Gasteiger partial charge >= 0.3 is 6.09 Å². The Morgan fingerprint density at radius 2 is 1.88 bits per heavy atom. The van der Waals surface area contributed by atoms with E-state index in [4.69, 9.17) is 10.5 Å². The van der Waals surface area contributed by atoms with Crippen molar-refractivity contribution in [1.82, 2.24) is 5.32 Å². The number of rotatable bonds is 4. The van der Waals surface area contributed by atoms with Crippen LogP contribution in [0.2, 0.25) is 0 Å². The van der Waals surface area contributed by atoms with Crippen LogP contribution in [0.1, 0.15) is 41.0 Å². The topological polar surface area (TPSA) is 81.4 Å². The molecule has 94 valence electrons. The van der Waals surface area contributed by atoms with E-state index in [0.29, 0.717) is 0 Å². The maximum Gasteiger partial charge on any atom is 0.408 e. The van der Waals surface area contributed by atoms with E-state index in [9.17, 15) is 9.59 Å². The molecule has 0 saturated carbocycles. The van der Waals surface area contributed by atoms with Gasteiger partial charge in [-0.05, 0) is 26.7 Å². The summed E-state index contributed by atoms with van der Waals surface area (Å²) in [5, 5.41) is 2.49. The van der Waals surface area contributed by atoms with Gasteiger partial charge < -0.3 is 15.8 Å². The molecule has 0 aromatic heterocycles. The number of carbonyl (C=O) groups excluding carboxylic acids is 2. The van der Waals surface area contributed by atoms with Gasteiger partial charge in [0.05, 0.1) is 0 Å². The second-order valence-electron chi connectivity index (χ2n) is 4.91. The molecular formula is C11H22N2O3. The highest BCUT2D eigenvalue weighted by Crippen LogP contribution is 2.10. The Morgan fingerprint density at radius 3 is 2.19 bits per heavy atom. The molecule has 0 rings (SSSR count). The molecule has 5 heteroatoms. The molecule has 0 unspecified atom stereocenters. The molecule has 5 nitrogen and oxygen atoms in total. The maximum atomic E-state index is 11.5. The first-order valence-corrected chi connectivity index (χ1v) is 5.46. The quantitative estimate of drug-likeness (QED) is 0.766. The molecular weight excluding hydrogens is 208 g/mol. The molecule has 0 aliphatic rings. The van der Waals surface area contributed by atoms with Gasteiger partial charge in [-0.2, -0.15) is 0 Å². The molecule has 2 amide bonds. The number of nitrogens with two attached hydrogens (primary N) is 1. The minimum absolute atomic E-state index is 0.00924. The lowest BCUT2D eigenvalue weighted by molar-refractivity contribution is -0.121. The number of alkyl carbamates (subject to hydrolysis) is 1. The molecule has 3 N–H and O–H groups in total. The Balaban J connectivity index is 4.42. The Kier molecular flexibility index (Phi) is 5.27.